The van der Waals surface area contributed by atoms with E-state index in [2.05, 4.69) is 52.0 Å². The molecule has 0 radical (unpaired) electrons. The second-order valence-electron chi connectivity index (χ2n) is 4.26. The number of thiophene rings is 1. The zero-order chi connectivity index (χ0) is 13.5. The van der Waals surface area contributed by atoms with Gasteiger partial charge in [0, 0.05) is 17.0 Å². The summed E-state index contributed by atoms with van der Waals surface area (Å²) in [6, 6.07) is 4.20. The Hall–Kier alpha value is -1.62. The summed E-state index contributed by atoms with van der Waals surface area (Å²) >= 11 is 1.75. The van der Waals surface area contributed by atoms with E-state index in [4.69, 9.17) is 0 Å². The van der Waals surface area contributed by atoms with Gasteiger partial charge in [-0.05, 0) is 24.8 Å². The first kappa shape index (κ1) is 13.8. The molecule has 0 saturated carbocycles. The Labute approximate surface area is 118 Å². The van der Waals surface area contributed by atoms with Crippen LogP contribution in [0.3, 0.4) is 0 Å². The van der Waals surface area contributed by atoms with Crippen molar-refractivity contribution in [1.82, 2.24) is 9.97 Å². The summed E-state index contributed by atoms with van der Waals surface area (Å²) in [7, 11) is 0. The molecule has 4 nitrogen and oxygen atoms in total. The second kappa shape index (κ2) is 7.09. The van der Waals surface area contributed by atoms with E-state index in [-0.39, 0.29) is 0 Å². The average molecular weight is 276 g/mol. The highest BCUT2D eigenvalue weighted by Crippen LogP contribution is 2.22. The third-order valence-electron chi connectivity index (χ3n) is 2.80. The molecular weight excluding hydrogens is 256 g/mol. The fraction of sp³-hybridized carbons (Fsp3) is 0.429. The SMILES string of the molecule is CCCc1c(NCC)ncnc1NCc1cccs1. The molecule has 19 heavy (non-hydrogen) atoms. The van der Waals surface area contributed by atoms with E-state index in [1.165, 1.54) is 10.4 Å². The van der Waals surface area contributed by atoms with Gasteiger partial charge in [0.25, 0.3) is 0 Å². The lowest BCUT2D eigenvalue weighted by Gasteiger charge is -2.14. The van der Waals surface area contributed by atoms with Crippen molar-refractivity contribution >= 4 is 23.0 Å². The largest absolute Gasteiger partial charge is 0.370 e. The molecule has 0 aliphatic carbocycles. The second-order valence-corrected chi connectivity index (χ2v) is 5.29. The van der Waals surface area contributed by atoms with Crippen LogP contribution in [0.5, 0.6) is 0 Å². The Morgan fingerprint density at radius 2 is 1.95 bits per heavy atom. The number of hydrogen-bond acceptors (Lipinski definition) is 5. The molecule has 0 amide bonds. The Bertz CT molecular complexity index is 496. The first-order chi connectivity index (χ1) is 9.35. The van der Waals surface area contributed by atoms with Crippen molar-refractivity contribution in [1.29, 1.82) is 0 Å². The standard InChI is InChI=1S/C14H20N4S/c1-3-6-12-13(15-4-2)17-10-18-14(12)16-9-11-7-5-8-19-11/h5,7-8,10H,3-4,6,9H2,1-2H3,(H2,15,16,17,18). The van der Waals surface area contributed by atoms with Gasteiger partial charge in [-0.25, -0.2) is 9.97 Å². The molecule has 0 bridgehead atoms. The molecular formula is C14H20N4S. The molecule has 0 fully saturated rings. The fourth-order valence-corrected chi connectivity index (χ4v) is 2.60. The Balaban J connectivity index is 2.15. The van der Waals surface area contributed by atoms with Crippen LogP contribution < -0.4 is 10.6 Å². The van der Waals surface area contributed by atoms with Gasteiger partial charge >= 0.3 is 0 Å². The third kappa shape index (κ3) is 3.67. The zero-order valence-corrected chi connectivity index (χ0v) is 12.3. The van der Waals surface area contributed by atoms with Gasteiger partial charge in [0.2, 0.25) is 0 Å². The number of aromatic nitrogens is 2. The van der Waals surface area contributed by atoms with Crippen molar-refractivity contribution in [3.8, 4) is 0 Å². The summed E-state index contributed by atoms with van der Waals surface area (Å²) in [5.41, 5.74) is 1.18. The van der Waals surface area contributed by atoms with Crippen molar-refractivity contribution < 1.29 is 0 Å². The molecule has 0 aromatic carbocycles. The lowest BCUT2D eigenvalue weighted by molar-refractivity contribution is 0.896. The van der Waals surface area contributed by atoms with E-state index in [1.54, 1.807) is 17.7 Å². The lowest BCUT2D eigenvalue weighted by Crippen LogP contribution is -2.09. The number of anilines is 2. The highest BCUT2D eigenvalue weighted by molar-refractivity contribution is 7.09. The van der Waals surface area contributed by atoms with Crippen molar-refractivity contribution in [3.05, 3.63) is 34.3 Å². The Kier molecular flexibility index (Phi) is 5.15. The normalized spacial score (nSPS) is 10.4. The third-order valence-corrected chi connectivity index (χ3v) is 3.68. The maximum atomic E-state index is 4.38. The van der Waals surface area contributed by atoms with Crippen molar-refractivity contribution in [2.75, 3.05) is 17.2 Å². The summed E-state index contributed by atoms with van der Waals surface area (Å²) in [4.78, 5) is 10.0. The Morgan fingerprint density at radius 1 is 1.16 bits per heavy atom. The average Bonchev–Trinajstić information content (AvgIpc) is 2.93. The molecule has 2 aromatic heterocycles. The van der Waals surface area contributed by atoms with Crippen LogP contribution in [-0.2, 0) is 13.0 Å². The number of nitrogens with zero attached hydrogens (tertiary/aromatic N) is 2. The quantitative estimate of drug-likeness (QED) is 0.812. The molecule has 2 rings (SSSR count). The molecule has 0 aliphatic rings. The summed E-state index contributed by atoms with van der Waals surface area (Å²) < 4.78 is 0. The minimum absolute atomic E-state index is 0.816. The molecule has 0 aliphatic heterocycles. The summed E-state index contributed by atoms with van der Waals surface area (Å²) in [5.74, 6) is 1.90. The van der Waals surface area contributed by atoms with Crippen LogP contribution in [0.25, 0.3) is 0 Å². The fourth-order valence-electron chi connectivity index (χ4n) is 1.96. The summed E-state index contributed by atoms with van der Waals surface area (Å²) in [5, 5.41) is 8.82. The zero-order valence-electron chi connectivity index (χ0n) is 11.4. The molecule has 0 atom stereocenters. The van der Waals surface area contributed by atoms with E-state index in [1.807, 2.05) is 0 Å². The number of hydrogen-bond donors (Lipinski definition) is 2. The molecule has 0 saturated heterocycles. The van der Waals surface area contributed by atoms with Gasteiger partial charge in [-0.1, -0.05) is 19.4 Å². The van der Waals surface area contributed by atoms with Crippen LogP contribution in [-0.4, -0.2) is 16.5 Å². The number of nitrogens with one attached hydrogen (secondary N) is 2. The van der Waals surface area contributed by atoms with Gasteiger partial charge in [0.05, 0.1) is 6.54 Å². The van der Waals surface area contributed by atoms with Crippen LogP contribution in [0.2, 0.25) is 0 Å². The van der Waals surface area contributed by atoms with Gasteiger partial charge < -0.3 is 10.6 Å². The molecule has 102 valence electrons. The van der Waals surface area contributed by atoms with Gasteiger partial charge in [0.15, 0.2) is 0 Å². The monoisotopic (exact) mass is 276 g/mol. The first-order valence-corrected chi connectivity index (χ1v) is 7.57. The molecule has 2 heterocycles. The van der Waals surface area contributed by atoms with Crippen LogP contribution in [0.15, 0.2) is 23.8 Å². The van der Waals surface area contributed by atoms with Gasteiger partial charge in [-0.2, -0.15) is 0 Å². The minimum atomic E-state index is 0.816. The Morgan fingerprint density at radius 3 is 2.58 bits per heavy atom. The maximum absolute atomic E-state index is 4.38. The molecule has 5 heteroatoms. The van der Waals surface area contributed by atoms with E-state index in [0.29, 0.717) is 0 Å². The van der Waals surface area contributed by atoms with E-state index >= 15 is 0 Å². The lowest BCUT2D eigenvalue weighted by atomic mass is 10.1. The predicted molar refractivity (Wildman–Crippen MR) is 81.8 cm³/mol. The highest BCUT2D eigenvalue weighted by Gasteiger charge is 2.10. The van der Waals surface area contributed by atoms with Crippen LogP contribution in [0.4, 0.5) is 11.6 Å². The van der Waals surface area contributed by atoms with Gasteiger partial charge in [-0.15, -0.1) is 11.3 Å². The summed E-state index contributed by atoms with van der Waals surface area (Å²) in [6.45, 7) is 5.94. The highest BCUT2D eigenvalue weighted by atomic mass is 32.1. The van der Waals surface area contributed by atoms with Crippen molar-refractivity contribution in [2.45, 2.75) is 33.2 Å². The van der Waals surface area contributed by atoms with E-state index < -0.39 is 0 Å². The predicted octanol–water partition coefficient (Wildman–Crippen LogP) is 3.53. The molecule has 2 aromatic rings. The summed E-state index contributed by atoms with van der Waals surface area (Å²) in [6.07, 6.45) is 3.68. The van der Waals surface area contributed by atoms with Crippen molar-refractivity contribution in [3.63, 3.8) is 0 Å². The number of rotatable bonds is 7. The van der Waals surface area contributed by atoms with Crippen LogP contribution >= 0.6 is 11.3 Å². The van der Waals surface area contributed by atoms with Crippen LogP contribution in [0.1, 0.15) is 30.7 Å². The van der Waals surface area contributed by atoms with Gasteiger partial charge in [-0.3, -0.25) is 0 Å². The topological polar surface area (TPSA) is 49.8 Å². The van der Waals surface area contributed by atoms with Gasteiger partial charge in [0.1, 0.15) is 18.0 Å². The maximum Gasteiger partial charge on any atom is 0.135 e. The van der Waals surface area contributed by atoms with E-state index in [9.17, 15) is 0 Å². The molecule has 2 N–H and O–H groups in total. The molecule has 0 spiro atoms. The van der Waals surface area contributed by atoms with E-state index in [0.717, 1.165) is 37.6 Å². The van der Waals surface area contributed by atoms with Crippen molar-refractivity contribution in [2.24, 2.45) is 0 Å². The minimum Gasteiger partial charge on any atom is -0.370 e. The van der Waals surface area contributed by atoms with Crippen LogP contribution in [0, 0.1) is 0 Å². The first-order valence-electron chi connectivity index (χ1n) is 6.69. The smallest absolute Gasteiger partial charge is 0.135 e. The molecule has 0 unspecified atom stereocenters.